The molecule has 0 radical (unpaired) electrons. The molecular weight excluding hydrogens is 246 g/mol. The summed E-state index contributed by atoms with van der Waals surface area (Å²) in [7, 11) is 3.08. The maximum Gasteiger partial charge on any atom is 0.263 e. The zero-order valence-electron chi connectivity index (χ0n) is 11.7. The molecule has 5 nitrogen and oxygen atoms in total. The second-order valence-corrected chi connectivity index (χ2v) is 5.06. The quantitative estimate of drug-likeness (QED) is 0.837. The number of hydrogen-bond donors (Lipinski definition) is 0. The van der Waals surface area contributed by atoms with Crippen LogP contribution in [0.15, 0.2) is 18.2 Å². The lowest BCUT2D eigenvalue weighted by molar-refractivity contribution is 0.0599. The smallest absolute Gasteiger partial charge is 0.263 e. The van der Waals surface area contributed by atoms with Crippen LogP contribution in [0.3, 0.4) is 0 Å². The van der Waals surface area contributed by atoms with Crippen molar-refractivity contribution >= 4 is 5.91 Å². The summed E-state index contributed by atoms with van der Waals surface area (Å²) in [5, 5.41) is 0. The molecule has 0 N–H and O–H groups in total. The van der Waals surface area contributed by atoms with Gasteiger partial charge in [-0.05, 0) is 26.0 Å². The molecular formula is C14H19NO4. The van der Waals surface area contributed by atoms with Crippen molar-refractivity contribution in [1.82, 2.24) is 4.90 Å². The van der Waals surface area contributed by atoms with E-state index in [9.17, 15) is 4.79 Å². The predicted molar refractivity (Wildman–Crippen MR) is 70.6 cm³/mol. The van der Waals surface area contributed by atoms with Crippen LogP contribution in [0.5, 0.6) is 11.5 Å². The number of rotatable bonds is 3. The van der Waals surface area contributed by atoms with E-state index >= 15 is 0 Å². The number of hydrogen-bond acceptors (Lipinski definition) is 4. The van der Waals surface area contributed by atoms with E-state index in [-0.39, 0.29) is 18.2 Å². The highest BCUT2D eigenvalue weighted by Gasteiger charge is 2.38. The van der Waals surface area contributed by atoms with E-state index in [1.54, 1.807) is 23.1 Å². The van der Waals surface area contributed by atoms with Crippen LogP contribution < -0.4 is 9.47 Å². The van der Waals surface area contributed by atoms with E-state index in [1.807, 2.05) is 13.8 Å². The maximum atomic E-state index is 12.7. The van der Waals surface area contributed by atoms with E-state index in [2.05, 4.69) is 0 Å². The number of amides is 1. The first kappa shape index (κ1) is 13.7. The zero-order chi connectivity index (χ0) is 14.0. The summed E-state index contributed by atoms with van der Waals surface area (Å²) in [6, 6.07) is 5.29. The summed E-state index contributed by atoms with van der Waals surface area (Å²) in [6.07, 6.45) is 0. The van der Waals surface area contributed by atoms with Gasteiger partial charge in [0.15, 0.2) is 0 Å². The van der Waals surface area contributed by atoms with Crippen molar-refractivity contribution in [2.24, 2.45) is 0 Å². The summed E-state index contributed by atoms with van der Waals surface area (Å²) in [4.78, 5) is 14.4. The van der Waals surface area contributed by atoms with Gasteiger partial charge < -0.3 is 19.1 Å². The molecule has 1 saturated heterocycles. The minimum Gasteiger partial charge on any atom is -0.496 e. The van der Waals surface area contributed by atoms with Crippen LogP contribution in [0.2, 0.25) is 0 Å². The zero-order valence-corrected chi connectivity index (χ0v) is 11.7. The highest BCUT2D eigenvalue weighted by molar-refractivity contribution is 6.00. The fourth-order valence-corrected chi connectivity index (χ4v) is 2.17. The Morgan fingerprint density at radius 2 is 1.84 bits per heavy atom. The van der Waals surface area contributed by atoms with Crippen LogP contribution in [-0.4, -0.2) is 43.9 Å². The van der Waals surface area contributed by atoms with Gasteiger partial charge in [0.2, 0.25) is 0 Å². The Balaban J connectivity index is 2.43. The van der Waals surface area contributed by atoms with Crippen molar-refractivity contribution in [2.45, 2.75) is 19.4 Å². The summed E-state index contributed by atoms with van der Waals surface area (Å²) in [5.74, 6) is 0.871. The van der Waals surface area contributed by atoms with Gasteiger partial charge in [-0.15, -0.1) is 0 Å². The third-order valence-corrected chi connectivity index (χ3v) is 3.29. The first-order chi connectivity index (χ1) is 9.01. The first-order valence-electron chi connectivity index (χ1n) is 6.12. The Labute approximate surface area is 113 Å². The normalized spacial score (nSPS) is 17.4. The molecule has 1 amide bonds. The van der Waals surface area contributed by atoms with E-state index in [0.717, 1.165) is 0 Å². The van der Waals surface area contributed by atoms with Crippen molar-refractivity contribution < 1.29 is 19.0 Å². The average molecular weight is 265 g/mol. The lowest BCUT2D eigenvalue weighted by Gasteiger charge is -2.30. The lowest BCUT2D eigenvalue weighted by atomic mass is 10.0. The van der Waals surface area contributed by atoms with E-state index in [4.69, 9.17) is 14.2 Å². The molecule has 0 aromatic heterocycles. The first-order valence-corrected chi connectivity index (χ1v) is 6.12. The molecule has 1 fully saturated rings. The topological polar surface area (TPSA) is 48.0 Å². The van der Waals surface area contributed by atoms with E-state index in [0.29, 0.717) is 23.7 Å². The highest BCUT2D eigenvalue weighted by Crippen LogP contribution is 2.33. The van der Waals surface area contributed by atoms with Crippen molar-refractivity contribution in [1.29, 1.82) is 0 Å². The molecule has 1 aliphatic rings. The van der Waals surface area contributed by atoms with Gasteiger partial charge in [-0.25, -0.2) is 0 Å². The van der Waals surface area contributed by atoms with Crippen molar-refractivity contribution in [3.63, 3.8) is 0 Å². The fourth-order valence-electron chi connectivity index (χ4n) is 2.17. The summed E-state index contributed by atoms with van der Waals surface area (Å²) in [6.45, 7) is 4.75. The summed E-state index contributed by atoms with van der Waals surface area (Å²) < 4.78 is 15.9. The van der Waals surface area contributed by atoms with Gasteiger partial charge in [0.1, 0.15) is 23.8 Å². The number of benzene rings is 1. The van der Waals surface area contributed by atoms with Crippen molar-refractivity contribution in [2.75, 3.05) is 27.6 Å². The molecule has 0 atom stereocenters. The average Bonchev–Trinajstić information content (AvgIpc) is 2.76. The van der Waals surface area contributed by atoms with Gasteiger partial charge in [-0.1, -0.05) is 6.07 Å². The largest absolute Gasteiger partial charge is 0.496 e. The molecule has 5 heteroatoms. The SMILES string of the molecule is COc1cccc(OC)c1C(=O)N1COCC1(C)C. The molecule has 1 aliphatic heterocycles. The molecule has 1 aromatic carbocycles. The minimum absolute atomic E-state index is 0.142. The summed E-state index contributed by atoms with van der Waals surface area (Å²) >= 11 is 0. The third-order valence-electron chi connectivity index (χ3n) is 3.29. The Hall–Kier alpha value is -1.75. The van der Waals surface area contributed by atoms with Gasteiger partial charge in [-0.3, -0.25) is 4.79 Å². The highest BCUT2D eigenvalue weighted by atomic mass is 16.5. The second kappa shape index (κ2) is 5.09. The molecule has 19 heavy (non-hydrogen) atoms. The van der Waals surface area contributed by atoms with Gasteiger partial charge in [0.25, 0.3) is 5.91 Å². The Morgan fingerprint density at radius 3 is 2.26 bits per heavy atom. The van der Waals surface area contributed by atoms with Gasteiger partial charge in [0, 0.05) is 0 Å². The van der Waals surface area contributed by atoms with E-state index < -0.39 is 0 Å². The Bertz CT molecular complexity index is 462. The lowest BCUT2D eigenvalue weighted by Crippen LogP contribution is -2.44. The fraction of sp³-hybridized carbons (Fsp3) is 0.500. The van der Waals surface area contributed by atoms with E-state index in [1.165, 1.54) is 14.2 Å². The van der Waals surface area contributed by atoms with Crippen LogP contribution in [0.1, 0.15) is 24.2 Å². The number of carbonyl (C=O) groups excluding carboxylic acids is 1. The van der Waals surface area contributed by atoms with Gasteiger partial charge in [-0.2, -0.15) is 0 Å². The van der Waals surface area contributed by atoms with Crippen LogP contribution in [0.4, 0.5) is 0 Å². The molecule has 0 bridgehead atoms. The van der Waals surface area contributed by atoms with Crippen LogP contribution in [0.25, 0.3) is 0 Å². The molecule has 2 rings (SSSR count). The van der Waals surface area contributed by atoms with Crippen LogP contribution >= 0.6 is 0 Å². The molecule has 1 aromatic rings. The van der Waals surface area contributed by atoms with Crippen LogP contribution in [0, 0.1) is 0 Å². The monoisotopic (exact) mass is 265 g/mol. The standard InChI is InChI=1S/C14H19NO4/c1-14(2)8-19-9-15(14)13(16)12-10(17-3)6-5-7-11(12)18-4/h5-7H,8-9H2,1-4H3. The number of methoxy groups -OCH3 is 2. The Kier molecular flexibility index (Phi) is 3.66. The van der Waals surface area contributed by atoms with Gasteiger partial charge >= 0.3 is 0 Å². The third kappa shape index (κ3) is 2.38. The van der Waals surface area contributed by atoms with Crippen LogP contribution in [-0.2, 0) is 4.74 Å². The number of nitrogens with zero attached hydrogens (tertiary/aromatic N) is 1. The van der Waals surface area contributed by atoms with Crippen molar-refractivity contribution in [3.05, 3.63) is 23.8 Å². The second-order valence-electron chi connectivity index (χ2n) is 5.06. The minimum atomic E-state index is -0.330. The maximum absolute atomic E-state index is 12.7. The number of carbonyl (C=O) groups is 1. The molecule has 0 aliphatic carbocycles. The summed E-state index contributed by atoms with van der Waals surface area (Å²) in [5.41, 5.74) is 0.106. The van der Waals surface area contributed by atoms with Crippen molar-refractivity contribution in [3.8, 4) is 11.5 Å². The molecule has 0 unspecified atom stereocenters. The predicted octanol–water partition coefficient (Wildman–Crippen LogP) is 1.91. The van der Waals surface area contributed by atoms with Gasteiger partial charge in [0.05, 0.1) is 26.4 Å². The molecule has 104 valence electrons. The molecule has 0 saturated carbocycles. The molecule has 1 heterocycles. The number of ether oxygens (including phenoxy) is 3. The molecule has 0 spiro atoms. The Morgan fingerprint density at radius 1 is 1.26 bits per heavy atom.